The lowest BCUT2D eigenvalue weighted by atomic mass is 9.97. The van der Waals surface area contributed by atoms with Gasteiger partial charge in [0.25, 0.3) is 0 Å². The van der Waals surface area contributed by atoms with E-state index in [2.05, 4.69) is 22.3 Å². The summed E-state index contributed by atoms with van der Waals surface area (Å²) in [4.78, 5) is 0. The van der Waals surface area contributed by atoms with Gasteiger partial charge in [0.1, 0.15) is 11.3 Å². The molecule has 0 radical (unpaired) electrons. The number of rotatable bonds is 5. The van der Waals surface area contributed by atoms with Crippen LogP contribution >= 0.6 is 0 Å². The minimum absolute atomic E-state index is 0.365. The van der Waals surface area contributed by atoms with E-state index >= 15 is 0 Å². The van der Waals surface area contributed by atoms with Crippen molar-refractivity contribution in [2.24, 2.45) is 0 Å². The van der Waals surface area contributed by atoms with Gasteiger partial charge >= 0.3 is 0 Å². The first-order valence-electron chi connectivity index (χ1n) is 7.42. The molecule has 3 rings (SSSR count). The van der Waals surface area contributed by atoms with Crippen LogP contribution in [0.4, 0.5) is 0 Å². The molecule has 0 fully saturated rings. The van der Waals surface area contributed by atoms with Gasteiger partial charge in [0.2, 0.25) is 0 Å². The Morgan fingerprint density at radius 3 is 2.71 bits per heavy atom. The van der Waals surface area contributed by atoms with E-state index in [1.807, 2.05) is 36.4 Å². The van der Waals surface area contributed by atoms with Crippen LogP contribution in [0.1, 0.15) is 31.7 Å². The van der Waals surface area contributed by atoms with Gasteiger partial charge in [-0.3, -0.25) is 5.10 Å². The van der Waals surface area contributed by atoms with Crippen LogP contribution in [0, 0.1) is 0 Å². The van der Waals surface area contributed by atoms with Crippen LogP contribution in [0.2, 0.25) is 0 Å². The second-order valence-corrected chi connectivity index (χ2v) is 5.28. The molecule has 0 saturated carbocycles. The summed E-state index contributed by atoms with van der Waals surface area (Å²) in [6.45, 7) is 2.18. The zero-order chi connectivity index (χ0) is 14.7. The van der Waals surface area contributed by atoms with Gasteiger partial charge in [0.15, 0.2) is 0 Å². The van der Waals surface area contributed by atoms with E-state index in [0.29, 0.717) is 5.75 Å². The molecule has 0 unspecified atom stereocenters. The average Bonchev–Trinajstić information content (AvgIpc) is 2.98. The van der Waals surface area contributed by atoms with Crippen molar-refractivity contribution < 1.29 is 5.11 Å². The van der Waals surface area contributed by atoms with Crippen LogP contribution in [-0.4, -0.2) is 20.5 Å². The van der Waals surface area contributed by atoms with Gasteiger partial charge in [0.05, 0.1) is 5.52 Å². The maximum atomic E-state index is 10.6. The van der Waals surface area contributed by atoms with Gasteiger partial charge in [-0.05, 0) is 24.5 Å². The summed E-state index contributed by atoms with van der Waals surface area (Å²) in [6, 6.07) is 11.8. The van der Waals surface area contributed by atoms with Crippen LogP contribution < -0.4 is 0 Å². The molecule has 0 saturated heterocycles. The highest BCUT2D eigenvalue weighted by Gasteiger charge is 2.13. The van der Waals surface area contributed by atoms with E-state index in [1.54, 1.807) is 0 Å². The summed E-state index contributed by atoms with van der Waals surface area (Å²) in [6.07, 6.45) is 4.37. The maximum absolute atomic E-state index is 10.6. The number of H-pyrrole nitrogens is 1. The molecule has 1 aromatic heterocycles. The minimum Gasteiger partial charge on any atom is -0.507 e. The van der Waals surface area contributed by atoms with Crippen molar-refractivity contribution in [3.8, 4) is 16.9 Å². The largest absolute Gasteiger partial charge is 0.507 e. The van der Waals surface area contributed by atoms with E-state index in [9.17, 15) is 5.11 Å². The van der Waals surface area contributed by atoms with Crippen molar-refractivity contribution in [1.82, 2.24) is 15.4 Å². The molecule has 1 heterocycles. The first-order chi connectivity index (χ1) is 10.3. The van der Waals surface area contributed by atoms with E-state index in [-0.39, 0.29) is 0 Å². The molecule has 2 aromatic carbocycles. The molecule has 0 amide bonds. The molecule has 4 heteroatoms. The number of nitrogens with one attached hydrogen (secondary N) is 1. The Morgan fingerprint density at radius 2 is 1.86 bits per heavy atom. The van der Waals surface area contributed by atoms with E-state index in [4.69, 9.17) is 0 Å². The molecule has 2 N–H and O–H groups in total. The number of fused-ring (bicyclic) bond motifs is 1. The lowest BCUT2D eigenvalue weighted by Gasteiger charge is -2.10. The highest BCUT2D eigenvalue weighted by Crippen LogP contribution is 2.35. The number of hydrogen-bond donors (Lipinski definition) is 2. The third kappa shape index (κ3) is 2.61. The Labute approximate surface area is 123 Å². The van der Waals surface area contributed by atoms with Crippen LogP contribution in [0.3, 0.4) is 0 Å². The van der Waals surface area contributed by atoms with Gasteiger partial charge in [-0.2, -0.15) is 0 Å². The van der Waals surface area contributed by atoms with E-state index < -0.39 is 0 Å². The standard InChI is InChI=1S/C17H19N3O/c1-2-3-4-7-12-8-5-10-14(17(12)21)13-9-6-11-15-16(13)19-20-18-15/h5-6,8-11,21H,2-4,7H2,1H3,(H,18,19,20). The van der Waals surface area contributed by atoms with Gasteiger partial charge in [-0.1, -0.05) is 55.3 Å². The number of aromatic amines is 1. The normalized spacial score (nSPS) is 11.1. The SMILES string of the molecule is CCCCCc1cccc(-c2cccc3[nH]nnc23)c1O. The number of aromatic nitrogens is 3. The minimum atomic E-state index is 0.365. The number of hydrogen-bond acceptors (Lipinski definition) is 3. The lowest BCUT2D eigenvalue weighted by Crippen LogP contribution is -1.90. The van der Waals surface area contributed by atoms with Gasteiger partial charge in [-0.15, -0.1) is 5.10 Å². The predicted octanol–water partition coefficient (Wildman–Crippen LogP) is 4.06. The van der Waals surface area contributed by atoms with Crippen molar-refractivity contribution in [2.45, 2.75) is 32.6 Å². The highest BCUT2D eigenvalue weighted by molar-refractivity contribution is 5.93. The topological polar surface area (TPSA) is 61.8 Å². The molecule has 108 valence electrons. The summed E-state index contributed by atoms with van der Waals surface area (Å²) in [7, 11) is 0. The summed E-state index contributed by atoms with van der Waals surface area (Å²) in [5.74, 6) is 0.365. The molecule has 21 heavy (non-hydrogen) atoms. The van der Waals surface area contributed by atoms with Crippen molar-refractivity contribution >= 4 is 11.0 Å². The Balaban J connectivity index is 2.02. The summed E-state index contributed by atoms with van der Waals surface area (Å²) >= 11 is 0. The zero-order valence-corrected chi connectivity index (χ0v) is 12.1. The van der Waals surface area contributed by atoms with Crippen molar-refractivity contribution in [1.29, 1.82) is 0 Å². The molecule has 0 bridgehead atoms. The number of phenols is 1. The van der Waals surface area contributed by atoms with Crippen molar-refractivity contribution in [2.75, 3.05) is 0 Å². The predicted molar refractivity (Wildman–Crippen MR) is 84.2 cm³/mol. The Morgan fingerprint density at radius 1 is 1.05 bits per heavy atom. The first kappa shape index (κ1) is 13.6. The third-order valence-electron chi connectivity index (χ3n) is 3.82. The zero-order valence-electron chi connectivity index (χ0n) is 12.1. The Kier molecular flexibility index (Phi) is 3.86. The number of aromatic hydroxyl groups is 1. The monoisotopic (exact) mass is 281 g/mol. The summed E-state index contributed by atoms with van der Waals surface area (Å²) < 4.78 is 0. The van der Waals surface area contributed by atoms with Crippen LogP contribution in [0.5, 0.6) is 5.75 Å². The second kappa shape index (κ2) is 5.95. The second-order valence-electron chi connectivity index (χ2n) is 5.28. The maximum Gasteiger partial charge on any atom is 0.126 e. The number of nitrogens with zero attached hydrogens (tertiary/aromatic N) is 2. The molecule has 0 aliphatic rings. The molecule has 3 aromatic rings. The Hall–Kier alpha value is -2.36. The van der Waals surface area contributed by atoms with Gasteiger partial charge in [-0.25, -0.2) is 0 Å². The van der Waals surface area contributed by atoms with Crippen LogP contribution in [-0.2, 0) is 6.42 Å². The number of aryl methyl sites for hydroxylation is 1. The van der Waals surface area contributed by atoms with E-state index in [1.165, 1.54) is 12.8 Å². The molecular weight excluding hydrogens is 262 g/mol. The molecule has 0 spiro atoms. The smallest absolute Gasteiger partial charge is 0.126 e. The summed E-state index contributed by atoms with van der Waals surface area (Å²) in [5, 5.41) is 21.4. The Bertz CT molecular complexity index is 749. The number of phenolic OH excluding ortho intramolecular Hbond substituents is 1. The molecule has 0 atom stereocenters. The number of benzene rings is 2. The third-order valence-corrected chi connectivity index (χ3v) is 3.82. The van der Waals surface area contributed by atoms with Crippen LogP contribution in [0.15, 0.2) is 36.4 Å². The van der Waals surface area contributed by atoms with Gasteiger partial charge in [0, 0.05) is 11.1 Å². The highest BCUT2D eigenvalue weighted by atomic mass is 16.3. The van der Waals surface area contributed by atoms with Gasteiger partial charge < -0.3 is 5.11 Å². The fourth-order valence-electron chi connectivity index (χ4n) is 2.66. The fourth-order valence-corrected chi connectivity index (χ4v) is 2.66. The first-order valence-corrected chi connectivity index (χ1v) is 7.42. The number of unbranched alkanes of at least 4 members (excludes halogenated alkanes) is 2. The lowest BCUT2D eigenvalue weighted by molar-refractivity contribution is 0.468. The molecule has 0 aliphatic carbocycles. The average molecular weight is 281 g/mol. The molecular formula is C17H19N3O. The molecule has 0 aliphatic heterocycles. The van der Waals surface area contributed by atoms with Crippen molar-refractivity contribution in [3.05, 3.63) is 42.0 Å². The fraction of sp³-hybridized carbons (Fsp3) is 0.294. The van der Waals surface area contributed by atoms with Crippen LogP contribution in [0.25, 0.3) is 22.2 Å². The van der Waals surface area contributed by atoms with E-state index in [0.717, 1.165) is 40.6 Å². The number of para-hydroxylation sites is 1. The van der Waals surface area contributed by atoms with Crippen molar-refractivity contribution in [3.63, 3.8) is 0 Å². The quantitative estimate of drug-likeness (QED) is 0.693. The summed E-state index contributed by atoms with van der Waals surface area (Å²) in [5.41, 5.74) is 4.41. The molecule has 4 nitrogen and oxygen atoms in total.